The Hall–Kier alpha value is -4.44. The summed E-state index contributed by atoms with van der Waals surface area (Å²) in [5.41, 5.74) is 2.46. The lowest BCUT2D eigenvalue weighted by atomic mass is 10.1. The van der Waals surface area contributed by atoms with Crippen molar-refractivity contribution in [2.75, 3.05) is 19.8 Å². The molecule has 10 heteroatoms. The lowest BCUT2D eigenvalue weighted by molar-refractivity contribution is 0.172. The number of H-pyrrole nitrogens is 1. The van der Waals surface area contributed by atoms with Crippen molar-refractivity contribution >= 4 is 10.9 Å². The van der Waals surface area contributed by atoms with Gasteiger partial charge < -0.3 is 18.9 Å². The van der Waals surface area contributed by atoms with Crippen molar-refractivity contribution in [2.45, 2.75) is 26.1 Å². The summed E-state index contributed by atoms with van der Waals surface area (Å²) in [6.45, 7) is 3.06. The van der Waals surface area contributed by atoms with E-state index in [1.54, 1.807) is 10.9 Å². The van der Waals surface area contributed by atoms with Crippen LogP contribution >= 0.6 is 0 Å². The third-order valence-electron chi connectivity index (χ3n) is 6.39. The van der Waals surface area contributed by atoms with Gasteiger partial charge in [0, 0.05) is 30.1 Å². The number of rotatable bonds is 9. The Kier molecular flexibility index (Phi) is 6.38. The number of fused-ring (bicyclic) bond motifs is 2. The molecule has 188 valence electrons. The maximum absolute atomic E-state index is 13.1. The maximum Gasteiger partial charge on any atom is 0.252 e. The molecule has 0 radical (unpaired) electrons. The van der Waals surface area contributed by atoms with Crippen LogP contribution in [0.15, 0.2) is 76.1 Å². The fraction of sp³-hybridized carbons (Fsp3) is 0.259. The van der Waals surface area contributed by atoms with E-state index in [-0.39, 0.29) is 5.56 Å². The first-order valence-electron chi connectivity index (χ1n) is 12.2. The van der Waals surface area contributed by atoms with Crippen molar-refractivity contribution in [1.29, 1.82) is 0 Å². The van der Waals surface area contributed by atoms with Crippen molar-refractivity contribution < 1.29 is 13.9 Å². The van der Waals surface area contributed by atoms with Crippen LogP contribution in [0.3, 0.4) is 0 Å². The Morgan fingerprint density at radius 1 is 0.973 bits per heavy atom. The molecule has 6 rings (SSSR count). The predicted molar refractivity (Wildman–Crippen MR) is 135 cm³/mol. The molecule has 0 saturated carbocycles. The topological polar surface area (TPSA) is 111 Å². The van der Waals surface area contributed by atoms with Gasteiger partial charge >= 0.3 is 0 Å². The summed E-state index contributed by atoms with van der Waals surface area (Å²) >= 11 is 0. The van der Waals surface area contributed by atoms with Crippen molar-refractivity contribution in [3.8, 4) is 11.5 Å². The summed E-state index contributed by atoms with van der Waals surface area (Å²) in [4.78, 5) is 18.3. The number of furan rings is 1. The van der Waals surface area contributed by atoms with Crippen molar-refractivity contribution in [1.82, 2.24) is 30.1 Å². The normalized spacial score (nSPS) is 12.9. The number of aromatic nitrogens is 5. The highest BCUT2D eigenvalue weighted by Crippen LogP contribution is 2.33. The van der Waals surface area contributed by atoms with E-state index < -0.39 is 0 Å². The molecule has 0 saturated heterocycles. The molecule has 0 spiro atoms. The van der Waals surface area contributed by atoms with Gasteiger partial charge in [-0.25, -0.2) is 4.68 Å². The van der Waals surface area contributed by atoms with Gasteiger partial charge in [0.1, 0.15) is 25.5 Å². The smallest absolute Gasteiger partial charge is 0.252 e. The second kappa shape index (κ2) is 10.3. The molecule has 1 aliphatic heterocycles. The average molecular weight is 499 g/mol. The zero-order chi connectivity index (χ0) is 25.0. The molecule has 1 N–H and O–H groups in total. The highest BCUT2D eigenvalue weighted by Gasteiger charge is 2.18. The van der Waals surface area contributed by atoms with E-state index in [0.717, 1.165) is 29.6 Å². The van der Waals surface area contributed by atoms with Crippen LogP contribution < -0.4 is 15.0 Å². The van der Waals surface area contributed by atoms with Gasteiger partial charge in [-0.2, -0.15) is 0 Å². The van der Waals surface area contributed by atoms with Gasteiger partial charge in [0.15, 0.2) is 17.3 Å². The second-order valence-electron chi connectivity index (χ2n) is 8.99. The van der Waals surface area contributed by atoms with Crippen LogP contribution in [0.5, 0.6) is 11.5 Å². The minimum atomic E-state index is -0.135. The molecule has 0 amide bonds. The first kappa shape index (κ1) is 23.0. The molecule has 37 heavy (non-hydrogen) atoms. The number of pyridine rings is 1. The number of nitrogens with one attached hydrogen (secondary N) is 1. The molecule has 5 aromatic rings. The zero-order valence-electron chi connectivity index (χ0n) is 20.2. The molecule has 2 aromatic carbocycles. The monoisotopic (exact) mass is 498 g/mol. The zero-order valence-corrected chi connectivity index (χ0v) is 20.2. The van der Waals surface area contributed by atoms with E-state index in [1.165, 1.54) is 5.56 Å². The van der Waals surface area contributed by atoms with Crippen LogP contribution in [0, 0.1) is 0 Å². The lowest BCUT2D eigenvalue weighted by Crippen LogP contribution is -2.30. The van der Waals surface area contributed by atoms with Gasteiger partial charge in [0.05, 0.1) is 18.3 Å². The molecule has 10 nitrogen and oxygen atoms in total. The Balaban J connectivity index is 1.28. The Morgan fingerprint density at radius 2 is 1.81 bits per heavy atom. The molecule has 0 unspecified atom stereocenters. The van der Waals surface area contributed by atoms with Crippen LogP contribution in [0.25, 0.3) is 10.9 Å². The molecular weight excluding hydrogens is 472 g/mol. The van der Waals surface area contributed by atoms with Crippen molar-refractivity contribution in [2.24, 2.45) is 0 Å². The van der Waals surface area contributed by atoms with E-state index in [1.807, 2.05) is 48.5 Å². The first-order chi connectivity index (χ1) is 18.2. The summed E-state index contributed by atoms with van der Waals surface area (Å²) in [7, 11) is 0. The van der Waals surface area contributed by atoms with Gasteiger partial charge in [-0.05, 0) is 46.7 Å². The van der Waals surface area contributed by atoms with Gasteiger partial charge in [-0.3, -0.25) is 9.69 Å². The summed E-state index contributed by atoms with van der Waals surface area (Å²) in [5, 5.41) is 13.2. The number of nitrogens with zero attached hydrogens (tertiary/aromatic N) is 5. The fourth-order valence-corrected chi connectivity index (χ4v) is 4.50. The van der Waals surface area contributed by atoms with E-state index in [2.05, 4.69) is 37.5 Å². The summed E-state index contributed by atoms with van der Waals surface area (Å²) < 4.78 is 18.6. The number of hydrogen-bond acceptors (Lipinski definition) is 8. The van der Waals surface area contributed by atoms with Crippen molar-refractivity contribution in [3.63, 3.8) is 0 Å². The van der Waals surface area contributed by atoms with Crippen LogP contribution in [-0.2, 0) is 26.1 Å². The number of benzene rings is 2. The van der Waals surface area contributed by atoms with E-state index in [4.69, 9.17) is 13.9 Å². The number of hydrogen-bond donors (Lipinski definition) is 1. The molecule has 0 bridgehead atoms. The molecular formula is C27H26N6O4. The van der Waals surface area contributed by atoms with Crippen LogP contribution in [0.2, 0.25) is 0 Å². The SMILES string of the molecule is O=c1[nH]c2cc3c(cc2cc1CN(CCc1ccccc1)Cc1nnnn1Cc1ccco1)OCCO3. The Bertz CT molecular complexity index is 1540. The largest absolute Gasteiger partial charge is 0.486 e. The standard InChI is InChI=1S/C27H26N6O4/c34-27-21(13-20-14-24-25(15-23(20)28-27)37-12-11-36-24)16-32(9-8-19-5-2-1-3-6-19)18-26-29-30-31-33(26)17-22-7-4-10-35-22/h1-7,10,13-15H,8-9,11-12,16-18H2,(H,28,34). The van der Waals surface area contributed by atoms with Gasteiger partial charge in [-0.15, -0.1) is 5.10 Å². The molecule has 0 aliphatic carbocycles. The first-order valence-corrected chi connectivity index (χ1v) is 12.2. The second-order valence-corrected chi connectivity index (χ2v) is 8.99. The summed E-state index contributed by atoms with van der Waals surface area (Å²) in [6.07, 6.45) is 2.45. The fourth-order valence-electron chi connectivity index (χ4n) is 4.50. The molecule has 1 aliphatic rings. The van der Waals surface area contributed by atoms with E-state index in [0.29, 0.717) is 55.7 Å². The van der Waals surface area contributed by atoms with Gasteiger partial charge in [0.25, 0.3) is 5.56 Å². The number of tetrazole rings is 1. The Labute approximate surface area is 212 Å². The molecule has 3 aromatic heterocycles. The average Bonchev–Trinajstić information content (AvgIpc) is 3.60. The highest BCUT2D eigenvalue weighted by atomic mass is 16.6. The molecule has 4 heterocycles. The lowest BCUT2D eigenvalue weighted by Gasteiger charge is -2.22. The third-order valence-corrected chi connectivity index (χ3v) is 6.39. The predicted octanol–water partition coefficient (Wildman–Crippen LogP) is 3.17. The van der Waals surface area contributed by atoms with E-state index in [9.17, 15) is 4.79 Å². The molecule has 0 atom stereocenters. The van der Waals surface area contributed by atoms with Gasteiger partial charge in [0.2, 0.25) is 0 Å². The third kappa shape index (κ3) is 5.24. The minimum absolute atomic E-state index is 0.135. The van der Waals surface area contributed by atoms with Crippen molar-refractivity contribution in [3.05, 3.63) is 100.0 Å². The Morgan fingerprint density at radius 3 is 2.62 bits per heavy atom. The van der Waals surface area contributed by atoms with Crippen LogP contribution in [0.4, 0.5) is 0 Å². The number of aromatic amines is 1. The number of ether oxygens (including phenoxy) is 2. The minimum Gasteiger partial charge on any atom is -0.486 e. The molecule has 0 fully saturated rings. The highest BCUT2D eigenvalue weighted by molar-refractivity contribution is 5.83. The maximum atomic E-state index is 13.1. The van der Waals surface area contributed by atoms with Crippen LogP contribution in [0.1, 0.15) is 22.7 Å². The summed E-state index contributed by atoms with van der Waals surface area (Å²) in [6, 6.07) is 19.7. The quantitative estimate of drug-likeness (QED) is 0.330. The van der Waals surface area contributed by atoms with E-state index >= 15 is 0 Å². The van der Waals surface area contributed by atoms with Crippen LogP contribution in [-0.4, -0.2) is 49.8 Å². The summed E-state index contributed by atoms with van der Waals surface area (Å²) in [5.74, 6) is 2.80. The van der Waals surface area contributed by atoms with Gasteiger partial charge in [-0.1, -0.05) is 30.3 Å².